The van der Waals surface area contributed by atoms with E-state index < -0.39 is 5.60 Å². The lowest BCUT2D eigenvalue weighted by Crippen LogP contribution is -2.41. The van der Waals surface area contributed by atoms with E-state index in [9.17, 15) is 4.79 Å². The molecule has 2 atom stereocenters. The third kappa shape index (κ3) is 5.71. The summed E-state index contributed by atoms with van der Waals surface area (Å²) in [5.74, 6) is 0.700. The third-order valence-corrected chi connectivity index (χ3v) is 5.52. The van der Waals surface area contributed by atoms with Crippen LogP contribution in [0.3, 0.4) is 0 Å². The van der Waals surface area contributed by atoms with Gasteiger partial charge in [0, 0.05) is 25.4 Å². The van der Waals surface area contributed by atoms with Gasteiger partial charge in [-0.05, 0) is 70.3 Å². The molecule has 146 valence electrons. The number of benzene rings is 1. The van der Waals surface area contributed by atoms with Crippen molar-refractivity contribution in [3.8, 4) is 5.75 Å². The maximum atomic E-state index is 12.3. The Hall–Kier alpha value is -1.59. The molecular weight excluding hydrogens is 328 g/mol. The summed E-state index contributed by atoms with van der Waals surface area (Å²) in [6.07, 6.45) is 5.64. The molecule has 5 heteroatoms. The first-order chi connectivity index (χ1) is 12.5. The van der Waals surface area contributed by atoms with Crippen LogP contribution in [-0.2, 0) is 9.53 Å². The van der Waals surface area contributed by atoms with Crippen molar-refractivity contribution >= 4 is 11.6 Å². The molecule has 26 heavy (non-hydrogen) atoms. The summed E-state index contributed by atoms with van der Waals surface area (Å²) < 4.78 is 11.2. The number of carbonyl (C=O) groups is 1. The molecule has 1 amide bonds. The van der Waals surface area contributed by atoms with Crippen molar-refractivity contribution in [1.29, 1.82) is 0 Å². The number of amides is 1. The Balaban J connectivity index is 1.74. The third-order valence-electron chi connectivity index (χ3n) is 5.52. The second kappa shape index (κ2) is 9.93. The van der Waals surface area contributed by atoms with E-state index in [4.69, 9.17) is 9.47 Å². The zero-order valence-corrected chi connectivity index (χ0v) is 16.7. The molecule has 1 heterocycles. The molecule has 1 aromatic carbocycles. The number of likely N-dealkylation sites (tertiary alicyclic amines) is 1. The van der Waals surface area contributed by atoms with Crippen molar-refractivity contribution in [2.45, 2.75) is 64.5 Å². The predicted octanol–water partition coefficient (Wildman–Crippen LogP) is 4.08. The highest BCUT2D eigenvalue weighted by molar-refractivity contribution is 5.97. The largest absolute Gasteiger partial charge is 0.494 e. The van der Waals surface area contributed by atoms with Crippen LogP contribution in [0.25, 0.3) is 0 Å². The molecule has 0 aromatic heterocycles. The Bertz CT molecular complexity index is 555. The molecule has 2 rings (SSSR count). The molecule has 2 unspecified atom stereocenters. The minimum absolute atomic E-state index is 0.133. The van der Waals surface area contributed by atoms with E-state index in [1.54, 1.807) is 14.0 Å². The minimum Gasteiger partial charge on any atom is -0.494 e. The molecule has 5 nitrogen and oxygen atoms in total. The van der Waals surface area contributed by atoms with Gasteiger partial charge in [0.05, 0.1) is 6.61 Å². The minimum atomic E-state index is -0.805. The summed E-state index contributed by atoms with van der Waals surface area (Å²) in [4.78, 5) is 14.9. The Morgan fingerprint density at radius 3 is 2.65 bits per heavy atom. The van der Waals surface area contributed by atoms with E-state index >= 15 is 0 Å². The van der Waals surface area contributed by atoms with E-state index in [0.717, 1.165) is 24.4 Å². The van der Waals surface area contributed by atoms with Crippen LogP contribution < -0.4 is 10.1 Å². The first-order valence-electron chi connectivity index (χ1n) is 9.82. The lowest BCUT2D eigenvalue weighted by molar-refractivity contribution is -0.136. The summed E-state index contributed by atoms with van der Waals surface area (Å²) in [5, 5.41) is 2.90. The van der Waals surface area contributed by atoms with Crippen LogP contribution in [0.5, 0.6) is 5.75 Å². The van der Waals surface area contributed by atoms with E-state index in [2.05, 4.69) is 17.1 Å². The van der Waals surface area contributed by atoms with Gasteiger partial charge in [-0.2, -0.15) is 0 Å². The fourth-order valence-electron chi connectivity index (χ4n) is 3.24. The van der Waals surface area contributed by atoms with Crippen molar-refractivity contribution in [2.75, 3.05) is 32.1 Å². The Morgan fingerprint density at radius 2 is 2.04 bits per heavy atom. The number of hydrogen-bond donors (Lipinski definition) is 1. The van der Waals surface area contributed by atoms with Crippen molar-refractivity contribution < 1.29 is 14.3 Å². The molecule has 1 aromatic rings. The summed E-state index contributed by atoms with van der Waals surface area (Å²) in [7, 11) is 1.56. The molecule has 1 saturated heterocycles. The summed E-state index contributed by atoms with van der Waals surface area (Å²) in [5.41, 5.74) is -0.0537. The van der Waals surface area contributed by atoms with Gasteiger partial charge in [0.2, 0.25) is 0 Å². The van der Waals surface area contributed by atoms with Gasteiger partial charge in [-0.15, -0.1) is 0 Å². The number of methoxy groups -OCH3 is 1. The van der Waals surface area contributed by atoms with Gasteiger partial charge in [0.1, 0.15) is 11.4 Å². The van der Waals surface area contributed by atoms with Crippen LogP contribution in [0, 0.1) is 0 Å². The standard InChI is InChI=1S/C21H34N2O3/c1-5-21(3,25-4)20(24)22-18-10-12-19(13-11-18)26-16-8-15-23-14-7-6-9-17(23)2/h10-13,17H,5-9,14-16H2,1-4H3,(H,22,24). The molecule has 0 radical (unpaired) electrons. The van der Waals surface area contributed by atoms with E-state index in [-0.39, 0.29) is 5.91 Å². The quantitative estimate of drug-likeness (QED) is 0.673. The van der Waals surface area contributed by atoms with E-state index in [1.165, 1.54) is 25.8 Å². The van der Waals surface area contributed by atoms with Crippen LogP contribution in [0.15, 0.2) is 24.3 Å². The zero-order valence-electron chi connectivity index (χ0n) is 16.7. The number of hydrogen-bond acceptors (Lipinski definition) is 4. The molecule has 0 saturated carbocycles. The van der Waals surface area contributed by atoms with Gasteiger partial charge in [-0.1, -0.05) is 13.3 Å². The molecular formula is C21H34N2O3. The van der Waals surface area contributed by atoms with Crippen molar-refractivity contribution in [2.24, 2.45) is 0 Å². The average molecular weight is 363 g/mol. The average Bonchev–Trinajstić information content (AvgIpc) is 2.67. The van der Waals surface area contributed by atoms with Gasteiger partial charge in [-0.25, -0.2) is 0 Å². The van der Waals surface area contributed by atoms with Gasteiger partial charge in [0.25, 0.3) is 5.91 Å². The first kappa shape index (κ1) is 20.7. The number of carbonyl (C=O) groups excluding carboxylic acids is 1. The molecule has 0 spiro atoms. The molecule has 1 aliphatic heterocycles. The predicted molar refractivity (Wildman–Crippen MR) is 106 cm³/mol. The van der Waals surface area contributed by atoms with Crippen LogP contribution in [0.1, 0.15) is 52.9 Å². The monoisotopic (exact) mass is 362 g/mol. The van der Waals surface area contributed by atoms with Crippen molar-refractivity contribution in [3.63, 3.8) is 0 Å². The number of nitrogens with zero attached hydrogens (tertiary/aromatic N) is 1. The van der Waals surface area contributed by atoms with Gasteiger partial charge in [0.15, 0.2) is 0 Å². The van der Waals surface area contributed by atoms with E-state index in [1.807, 2.05) is 31.2 Å². The summed E-state index contributed by atoms with van der Waals surface area (Å²) in [6, 6.07) is 8.23. The number of piperidine rings is 1. The Morgan fingerprint density at radius 1 is 1.31 bits per heavy atom. The topological polar surface area (TPSA) is 50.8 Å². The van der Waals surface area contributed by atoms with Crippen LogP contribution in [-0.4, -0.2) is 49.3 Å². The second-order valence-corrected chi connectivity index (χ2v) is 7.35. The molecule has 0 aliphatic carbocycles. The highest BCUT2D eigenvalue weighted by Gasteiger charge is 2.30. The maximum Gasteiger partial charge on any atom is 0.256 e. The van der Waals surface area contributed by atoms with Crippen molar-refractivity contribution in [1.82, 2.24) is 4.90 Å². The Kier molecular flexibility index (Phi) is 7.91. The maximum absolute atomic E-state index is 12.3. The zero-order chi connectivity index (χ0) is 19.0. The number of ether oxygens (including phenoxy) is 2. The molecule has 0 bridgehead atoms. The second-order valence-electron chi connectivity index (χ2n) is 7.35. The highest BCUT2D eigenvalue weighted by Crippen LogP contribution is 2.20. The van der Waals surface area contributed by atoms with Crippen LogP contribution in [0.4, 0.5) is 5.69 Å². The van der Waals surface area contributed by atoms with Gasteiger partial charge >= 0.3 is 0 Å². The fourth-order valence-corrected chi connectivity index (χ4v) is 3.24. The molecule has 1 aliphatic rings. The highest BCUT2D eigenvalue weighted by atomic mass is 16.5. The SMILES string of the molecule is CCC(C)(OC)C(=O)Nc1ccc(OCCCN2CCCCC2C)cc1. The Labute approximate surface area is 158 Å². The van der Waals surface area contributed by atoms with Crippen LogP contribution in [0.2, 0.25) is 0 Å². The van der Waals surface area contributed by atoms with E-state index in [0.29, 0.717) is 19.1 Å². The normalized spacial score (nSPS) is 20.4. The van der Waals surface area contributed by atoms with Crippen LogP contribution >= 0.6 is 0 Å². The lowest BCUT2D eigenvalue weighted by Gasteiger charge is -2.33. The lowest BCUT2D eigenvalue weighted by atomic mass is 10.0. The fraction of sp³-hybridized carbons (Fsp3) is 0.667. The number of nitrogens with one attached hydrogen (secondary N) is 1. The van der Waals surface area contributed by atoms with Gasteiger partial charge in [-0.3, -0.25) is 4.79 Å². The summed E-state index contributed by atoms with van der Waals surface area (Å²) in [6.45, 7) is 9.08. The molecule has 1 N–H and O–H groups in total. The summed E-state index contributed by atoms with van der Waals surface area (Å²) >= 11 is 0. The number of rotatable bonds is 9. The smallest absolute Gasteiger partial charge is 0.256 e. The first-order valence-corrected chi connectivity index (χ1v) is 9.82. The van der Waals surface area contributed by atoms with Gasteiger partial charge < -0.3 is 19.7 Å². The number of anilines is 1. The van der Waals surface area contributed by atoms with Crippen molar-refractivity contribution in [3.05, 3.63) is 24.3 Å². The molecule has 1 fully saturated rings.